The molecule has 0 aliphatic carbocycles. The Morgan fingerprint density at radius 1 is 1.57 bits per heavy atom. The van der Waals surface area contributed by atoms with Crippen LogP contribution in [0.1, 0.15) is 20.8 Å². The lowest BCUT2D eigenvalue weighted by atomic mass is 10.1. The zero-order chi connectivity index (χ0) is 10.9. The van der Waals surface area contributed by atoms with Crippen molar-refractivity contribution < 1.29 is 4.79 Å². The van der Waals surface area contributed by atoms with E-state index in [1.165, 1.54) is 0 Å². The number of piperazine rings is 1. The van der Waals surface area contributed by atoms with Crippen LogP contribution >= 0.6 is 0 Å². The van der Waals surface area contributed by atoms with Crippen molar-refractivity contribution in [3.8, 4) is 0 Å². The molecule has 0 radical (unpaired) electrons. The van der Waals surface area contributed by atoms with Gasteiger partial charge in [0.25, 0.3) is 0 Å². The highest BCUT2D eigenvalue weighted by molar-refractivity contribution is 5.83. The molecule has 14 heavy (non-hydrogen) atoms. The highest BCUT2D eigenvalue weighted by atomic mass is 16.2. The van der Waals surface area contributed by atoms with Crippen LogP contribution in [0.3, 0.4) is 0 Å². The van der Waals surface area contributed by atoms with E-state index in [-0.39, 0.29) is 18.0 Å². The van der Waals surface area contributed by atoms with Crippen molar-refractivity contribution in [3.63, 3.8) is 0 Å². The van der Waals surface area contributed by atoms with Gasteiger partial charge < -0.3 is 10.6 Å². The van der Waals surface area contributed by atoms with Gasteiger partial charge in [-0.15, -0.1) is 0 Å². The minimum atomic E-state index is -0.138. The molecule has 82 valence electrons. The summed E-state index contributed by atoms with van der Waals surface area (Å²) in [4.78, 5) is 15.9. The second-order valence-electron chi connectivity index (χ2n) is 4.35. The van der Waals surface area contributed by atoms with Gasteiger partial charge in [-0.25, -0.2) is 0 Å². The summed E-state index contributed by atoms with van der Waals surface area (Å²) < 4.78 is 0. The van der Waals surface area contributed by atoms with Crippen LogP contribution < -0.4 is 5.73 Å². The van der Waals surface area contributed by atoms with Gasteiger partial charge >= 0.3 is 0 Å². The van der Waals surface area contributed by atoms with Crippen LogP contribution in [0, 0.1) is 0 Å². The molecule has 0 aromatic rings. The molecule has 1 saturated heterocycles. The van der Waals surface area contributed by atoms with E-state index in [9.17, 15) is 4.79 Å². The maximum atomic E-state index is 12.0. The molecule has 4 heteroatoms. The summed E-state index contributed by atoms with van der Waals surface area (Å²) in [6.45, 7) is 7.43. The number of nitrogens with zero attached hydrogens (tertiary/aromatic N) is 2. The predicted molar refractivity (Wildman–Crippen MR) is 56.9 cm³/mol. The minimum Gasteiger partial charge on any atom is -0.337 e. The van der Waals surface area contributed by atoms with Gasteiger partial charge in [0.05, 0.1) is 0 Å². The lowest BCUT2D eigenvalue weighted by Gasteiger charge is -2.44. The van der Waals surface area contributed by atoms with Crippen molar-refractivity contribution in [1.82, 2.24) is 9.80 Å². The molecule has 1 aliphatic rings. The minimum absolute atomic E-state index is 0.138. The van der Waals surface area contributed by atoms with Gasteiger partial charge in [-0.3, -0.25) is 9.69 Å². The SMILES string of the molecule is CC(C)N1CC(C)N(C)C(CN)C1=O. The van der Waals surface area contributed by atoms with Crippen LogP contribution in [-0.2, 0) is 4.79 Å². The molecule has 1 rings (SSSR count). The monoisotopic (exact) mass is 199 g/mol. The summed E-state index contributed by atoms with van der Waals surface area (Å²) in [5.74, 6) is 0.170. The quantitative estimate of drug-likeness (QED) is 0.675. The first-order valence-electron chi connectivity index (χ1n) is 5.21. The van der Waals surface area contributed by atoms with Crippen molar-refractivity contribution in [2.45, 2.75) is 38.9 Å². The zero-order valence-electron chi connectivity index (χ0n) is 9.53. The van der Waals surface area contributed by atoms with Gasteiger partial charge in [-0.1, -0.05) is 0 Å². The molecule has 0 aromatic heterocycles. The Balaban J connectivity index is 2.81. The number of nitrogens with two attached hydrogens (primary N) is 1. The maximum Gasteiger partial charge on any atom is 0.241 e. The van der Waals surface area contributed by atoms with Crippen LogP contribution in [0.2, 0.25) is 0 Å². The summed E-state index contributed by atoms with van der Waals surface area (Å²) in [5.41, 5.74) is 5.62. The summed E-state index contributed by atoms with van der Waals surface area (Å²) in [6, 6.07) is 0.525. The molecule has 1 fully saturated rings. The third kappa shape index (κ3) is 1.91. The highest BCUT2D eigenvalue weighted by Gasteiger charge is 2.36. The second-order valence-corrected chi connectivity index (χ2v) is 4.35. The van der Waals surface area contributed by atoms with E-state index >= 15 is 0 Å². The highest BCUT2D eigenvalue weighted by Crippen LogP contribution is 2.16. The fraction of sp³-hybridized carbons (Fsp3) is 0.900. The van der Waals surface area contributed by atoms with Crippen LogP contribution in [0.5, 0.6) is 0 Å². The second kappa shape index (κ2) is 4.28. The van der Waals surface area contributed by atoms with Gasteiger partial charge in [-0.2, -0.15) is 0 Å². The number of likely N-dealkylation sites (N-methyl/N-ethyl adjacent to an activating group) is 1. The van der Waals surface area contributed by atoms with Crippen molar-refractivity contribution in [1.29, 1.82) is 0 Å². The van der Waals surface area contributed by atoms with E-state index in [1.807, 2.05) is 25.8 Å². The average molecular weight is 199 g/mol. The van der Waals surface area contributed by atoms with Gasteiger partial charge in [0.15, 0.2) is 0 Å². The summed E-state index contributed by atoms with van der Waals surface area (Å²) in [6.07, 6.45) is 0. The maximum absolute atomic E-state index is 12.0. The Labute approximate surface area is 86.0 Å². The Morgan fingerprint density at radius 3 is 2.57 bits per heavy atom. The van der Waals surface area contributed by atoms with E-state index in [0.29, 0.717) is 12.6 Å². The number of amides is 1. The Kier molecular flexibility index (Phi) is 3.50. The van der Waals surface area contributed by atoms with Gasteiger partial charge in [0.2, 0.25) is 5.91 Å². The largest absolute Gasteiger partial charge is 0.337 e. The lowest BCUT2D eigenvalue weighted by molar-refractivity contribution is -0.145. The number of carbonyl (C=O) groups excluding carboxylic acids is 1. The van der Waals surface area contributed by atoms with Crippen LogP contribution in [0.25, 0.3) is 0 Å². The first kappa shape index (κ1) is 11.5. The first-order valence-corrected chi connectivity index (χ1v) is 5.21. The van der Waals surface area contributed by atoms with Gasteiger partial charge in [0, 0.05) is 25.2 Å². The number of hydrogen-bond donors (Lipinski definition) is 1. The van der Waals surface area contributed by atoms with Crippen molar-refractivity contribution >= 4 is 5.91 Å². The van der Waals surface area contributed by atoms with E-state index in [0.717, 1.165) is 6.54 Å². The molecular weight excluding hydrogens is 178 g/mol. The average Bonchev–Trinajstić information content (AvgIpc) is 2.12. The van der Waals surface area contributed by atoms with Gasteiger partial charge in [0.1, 0.15) is 6.04 Å². The molecule has 2 atom stereocenters. The Bertz CT molecular complexity index is 213. The van der Waals surface area contributed by atoms with Crippen LogP contribution in [-0.4, -0.2) is 54.0 Å². The summed E-state index contributed by atoms with van der Waals surface area (Å²) in [7, 11) is 1.97. The molecule has 1 aliphatic heterocycles. The molecule has 0 bridgehead atoms. The Hall–Kier alpha value is -0.610. The summed E-state index contributed by atoms with van der Waals surface area (Å²) >= 11 is 0. The number of rotatable bonds is 2. The van der Waals surface area contributed by atoms with Crippen molar-refractivity contribution in [2.75, 3.05) is 20.1 Å². The molecule has 0 saturated carbocycles. The predicted octanol–water partition coefficient (Wildman–Crippen LogP) is -0.115. The third-order valence-electron chi connectivity index (χ3n) is 3.06. The molecular formula is C10H21N3O. The van der Waals surface area contributed by atoms with E-state index in [4.69, 9.17) is 5.73 Å². The third-order valence-corrected chi connectivity index (χ3v) is 3.06. The smallest absolute Gasteiger partial charge is 0.241 e. The fourth-order valence-electron chi connectivity index (χ4n) is 1.91. The topological polar surface area (TPSA) is 49.6 Å². The van der Waals surface area contributed by atoms with Gasteiger partial charge in [-0.05, 0) is 27.8 Å². The molecule has 2 unspecified atom stereocenters. The molecule has 4 nitrogen and oxygen atoms in total. The molecule has 1 heterocycles. The number of carbonyl (C=O) groups is 1. The van der Waals surface area contributed by atoms with Crippen LogP contribution in [0.15, 0.2) is 0 Å². The lowest BCUT2D eigenvalue weighted by Crippen LogP contribution is -2.63. The van der Waals surface area contributed by atoms with Crippen LogP contribution in [0.4, 0.5) is 0 Å². The first-order chi connectivity index (χ1) is 6.49. The summed E-state index contributed by atoms with van der Waals surface area (Å²) in [5, 5.41) is 0. The Morgan fingerprint density at radius 2 is 2.14 bits per heavy atom. The van der Waals surface area contributed by atoms with Crippen molar-refractivity contribution in [3.05, 3.63) is 0 Å². The van der Waals surface area contributed by atoms with E-state index in [1.54, 1.807) is 0 Å². The normalized spacial score (nSPS) is 30.1. The zero-order valence-corrected chi connectivity index (χ0v) is 9.53. The molecule has 0 spiro atoms. The molecule has 0 aromatic carbocycles. The van der Waals surface area contributed by atoms with Crippen molar-refractivity contribution in [2.24, 2.45) is 5.73 Å². The molecule has 1 amide bonds. The number of hydrogen-bond acceptors (Lipinski definition) is 3. The standard InChI is InChI=1S/C10H21N3O/c1-7(2)13-6-8(3)12(4)9(5-11)10(13)14/h7-9H,5-6,11H2,1-4H3. The fourth-order valence-corrected chi connectivity index (χ4v) is 1.91. The molecule has 2 N–H and O–H groups in total. The van der Waals surface area contributed by atoms with E-state index in [2.05, 4.69) is 11.8 Å². The van der Waals surface area contributed by atoms with E-state index < -0.39 is 0 Å².